The number of hydrogen-bond acceptors (Lipinski definition) is 4. The van der Waals surface area contributed by atoms with Gasteiger partial charge in [-0.2, -0.15) is 0 Å². The molecule has 0 spiro atoms. The number of hydrogen-bond donors (Lipinski definition) is 1. The van der Waals surface area contributed by atoms with Crippen molar-refractivity contribution in [1.29, 1.82) is 0 Å². The molecule has 0 aromatic carbocycles. The fourth-order valence-electron chi connectivity index (χ4n) is 2.57. The molecule has 5 heteroatoms. The van der Waals surface area contributed by atoms with Crippen molar-refractivity contribution in [3.05, 3.63) is 22.2 Å². The second-order valence-electron chi connectivity index (χ2n) is 5.78. The molecule has 1 aliphatic heterocycles. The average molecular weight is 279 g/mol. The SMILES string of the molecule is CC(C)N1CCOC(c2nc(=S)cc(C3CC3)[nH]2)C1. The van der Waals surface area contributed by atoms with Crippen LogP contribution >= 0.6 is 12.2 Å². The highest BCUT2D eigenvalue weighted by Gasteiger charge is 2.28. The van der Waals surface area contributed by atoms with Crippen LogP contribution in [0.2, 0.25) is 0 Å². The number of H-pyrrole nitrogens is 1. The van der Waals surface area contributed by atoms with Crippen molar-refractivity contribution < 1.29 is 4.74 Å². The number of aromatic amines is 1. The van der Waals surface area contributed by atoms with Crippen molar-refractivity contribution in [2.45, 2.75) is 44.8 Å². The van der Waals surface area contributed by atoms with Crippen molar-refractivity contribution in [3.8, 4) is 0 Å². The van der Waals surface area contributed by atoms with Crippen molar-refractivity contribution in [2.24, 2.45) is 0 Å². The summed E-state index contributed by atoms with van der Waals surface area (Å²) < 4.78 is 6.55. The van der Waals surface area contributed by atoms with E-state index in [1.807, 2.05) is 6.07 Å². The van der Waals surface area contributed by atoms with E-state index in [1.165, 1.54) is 18.5 Å². The molecule has 0 bridgehead atoms. The van der Waals surface area contributed by atoms with Gasteiger partial charge in [-0.1, -0.05) is 12.2 Å². The van der Waals surface area contributed by atoms with Gasteiger partial charge in [0.05, 0.1) is 6.61 Å². The van der Waals surface area contributed by atoms with Crippen LogP contribution in [0.3, 0.4) is 0 Å². The van der Waals surface area contributed by atoms with Crippen LogP contribution in [-0.4, -0.2) is 40.6 Å². The molecule has 2 aliphatic rings. The van der Waals surface area contributed by atoms with Gasteiger partial charge in [-0.05, 0) is 38.7 Å². The Kier molecular flexibility index (Phi) is 3.69. The first-order valence-corrected chi connectivity index (χ1v) is 7.51. The quantitative estimate of drug-likeness (QED) is 0.864. The van der Waals surface area contributed by atoms with E-state index >= 15 is 0 Å². The lowest BCUT2D eigenvalue weighted by Gasteiger charge is -2.35. The lowest BCUT2D eigenvalue weighted by Crippen LogP contribution is -2.42. The zero-order valence-corrected chi connectivity index (χ0v) is 12.4. The van der Waals surface area contributed by atoms with E-state index in [4.69, 9.17) is 17.0 Å². The van der Waals surface area contributed by atoms with Crippen molar-refractivity contribution in [2.75, 3.05) is 19.7 Å². The molecule has 104 valence electrons. The van der Waals surface area contributed by atoms with Gasteiger partial charge in [0.2, 0.25) is 0 Å². The van der Waals surface area contributed by atoms with E-state index in [0.717, 1.165) is 25.5 Å². The van der Waals surface area contributed by atoms with Crippen molar-refractivity contribution >= 4 is 12.2 Å². The fraction of sp³-hybridized carbons (Fsp3) is 0.714. The Morgan fingerprint density at radius 3 is 2.95 bits per heavy atom. The van der Waals surface area contributed by atoms with Gasteiger partial charge in [-0.3, -0.25) is 4.90 Å². The van der Waals surface area contributed by atoms with E-state index in [0.29, 0.717) is 16.6 Å². The summed E-state index contributed by atoms with van der Waals surface area (Å²) in [7, 11) is 0. The minimum absolute atomic E-state index is 0.0246. The largest absolute Gasteiger partial charge is 0.368 e. The van der Waals surface area contributed by atoms with Crippen LogP contribution in [0, 0.1) is 4.64 Å². The lowest BCUT2D eigenvalue weighted by molar-refractivity contribution is -0.0444. The first-order valence-electron chi connectivity index (χ1n) is 7.10. The maximum atomic E-state index is 5.87. The highest BCUT2D eigenvalue weighted by Crippen LogP contribution is 2.39. The van der Waals surface area contributed by atoms with E-state index in [9.17, 15) is 0 Å². The lowest BCUT2D eigenvalue weighted by atomic mass is 10.2. The van der Waals surface area contributed by atoms with Crippen molar-refractivity contribution in [3.63, 3.8) is 0 Å². The van der Waals surface area contributed by atoms with Crippen LogP contribution in [0.1, 0.15) is 50.2 Å². The Morgan fingerprint density at radius 2 is 2.26 bits per heavy atom. The minimum Gasteiger partial charge on any atom is -0.368 e. The Hall–Kier alpha value is -0.780. The van der Waals surface area contributed by atoms with Crippen molar-refractivity contribution in [1.82, 2.24) is 14.9 Å². The molecule has 0 amide bonds. The molecule has 2 fully saturated rings. The fourth-order valence-corrected chi connectivity index (χ4v) is 2.79. The molecule has 19 heavy (non-hydrogen) atoms. The van der Waals surface area contributed by atoms with Gasteiger partial charge in [0, 0.05) is 24.8 Å². The number of morpholine rings is 1. The highest BCUT2D eigenvalue weighted by atomic mass is 32.1. The summed E-state index contributed by atoms with van der Waals surface area (Å²) in [4.78, 5) is 10.3. The first kappa shape index (κ1) is 13.2. The van der Waals surface area contributed by atoms with Crippen LogP contribution in [0.25, 0.3) is 0 Å². The minimum atomic E-state index is 0.0246. The first-order chi connectivity index (χ1) is 9.13. The molecule has 1 saturated heterocycles. The second kappa shape index (κ2) is 5.31. The molecule has 3 rings (SSSR count). The van der Waals surface area contributed by atoms with E-state index in [1.54, 1.807) is 0 Å². The van der Waals surface area contributed by atoms with Gasteiger partial charge in [-0.15, -0.1) is 0 Å². The summed E-state index contributed by atoms with van der Waals surface area (Å²) in [5, 5.41) is 0. The number of nitrogens with one attached hydrogen (secondary N) is 1. The Labute approximate surface area is 119 Å². The smallest absolute Gasteiger partial charge is 0.138 e. The van der Waals surface area contributed by atoms with Gasteiger partial charge >= 0.3 is 0 Å². The maximum Gasteiger partial charge on any atom is 0.138 e. The summed E-state index contributed by atoms with van der Waals surface area (Å²) in [5.74, 6) is 1.56. The van der Waals surface area contributed by atoms with Crippen LogP contribution in [0.5, 0.6) is 0 Å². The second-order valence-corrected chi connectivity index (χ2v) is 6.20. The predicted molar refractivity (Wildman–Crippen MR) is 76.8 cm³/mol. The zero-order valence-electron chi connectivity index (χ0n) is 11.6. The third-order valence-corrected chi connectivity index (χ3v) is 4.14. The van der Waals surface area contributed by atoms with Gasteiger partial charge in [0.15, 0.2) is 0 Å². The maximum absolute atomic E-state index is 5.87. The average Bonchev–Trinajstić information content (AvgIpc) is 3.22. The Balaban J connectivity index is 1.82. The molecule has 4 nitrogen and oxygen atoms in total. The third kappa shape index (κ3) is 3.04. The predicted octanol–water partition coefficient (Wildman–Crippen LogP) is 2.80. The van der Waals surface area contributed by atoms with E-state index in [2.05, 4.69) is 28.7 Å². The molecule has 1 aromatic heterocycles. The standard InChI is InChI=1S/C14H21N3OS/c1-9(2)17-5-6-18-12(8-17)14-15-11(10-3-4-10)7-13(19)16-14/h7,9-10,12H,3-6,8H2,1-2H3,(H,15,16,19). The van der Waals surface area contributed by atoms with Crippen LogP contribution < -0.4 is 0 Å². The summed E-state index contributed by atoms with van der Waals surface area (Å²) in [5.41, 5.74) is 1.24. The molecule has 1 atom stereocenters. The Bertz CT molecular complexity index is 510. The summed E-state index contributed by atoms with van der Waals surface area (Å²) in [6, 6.07) is 2.54. The number of ether oxygens (including phenoxy) is 1. The normalized spacial score (nSPS) is 24.9. The van der Waals surface area contributed by atoms with Crippen LogP contribution in [0.15, 0.2) is 6.07 Å². The summed E-state index contributed by atoms with van der Waals surface area (Å²) >= 11 is 5.28. The molecular formula is C14H21N3OS. The van der Waals surface area contributed by atoms with Gasteiger partial charge in [0.1, 0.15) is 16.6 Å². The van der Waals surface area contributed by atoms with Gasteiger partial charge in [-0.25, -0.2) is 4.98 Å². The van der Waals surface area contributed by atoms with Crippen LogP contribution in [0.4, 0.5) is 0 Å². The monoisotopic (exact) mass is 279 g/mol. The molecule has 1 N–H and O–H groups in total. The Morgan fingerprint density at radius 1 is 1.47 bits per heavy atom. The molecule has 1 aromatic rings. The molecule has 2 heterocycles. The molecule has 0 radical (unpaired) electrons. The highest BCUT2D eigenvalue weighted by molar-refractivity contribution is 7.71. The molecule has 1 saturated carbocycles. The van der Waals surface area contributed by atoms with Crippen LogP contribution in [-0.2, 0) is 4.74 Å². The number of nitrogens with zero attached hydrogens (tertiary/aromatic N) is 2. The topological polar surface area (TPSA) is 41.1 Å². The number of aromatic nitrogens is 2. The van der Waals surface area contributed by atoms with E-state index in [-0.39, 0.29) is 6.10 Å². The third-order valence-electron chi connectivity index (χ3n) is 3.93. The zero-order chi connectivity index (χ0) is 13.4. The van der Waals surface area contributed by atoms with Gasteiger partial charge in [0.25, 0.3) is 0 Å². The van der Waals surface area contributed by atoms with E-state index < -0.39 is 0 Å². The molecular weight excluding hydrogens is 258 g/mol. The summed E-state index contributed by atoms with van der Waals surface area (Å²) in [6.45, 7) is 7.09. The van der Waals surface area contributed by atoms with Gasteiger partial charge < -0.3 is 9.72 Å². The molecule has 1 aliphatic carbocycles. The molecule has 1 unspecified atom stereocenters. The number of rotatable bonds is 3. The summed E-state index contributed by atoms with van der Waals surface area (Å²) in [6.07, 6.45) is 2.55.